The van der Waals surface area contributed by atoms with Crippen molar-refractivity contribution in [1.29, 1.82) is 0 Å². The van der Waals surface area contributed by atoms with Gasteiger partial charge in [0.05, 0.1) is 29.3 Å². The van der Waals surface area contributed by atoms with Gasteiger partial charge in [0.15, 0.2) is 0 Å². The van der Waals surface area contributed by atoms with Gasteiger partial charge in [-0.1, -0.05) is 41.9 Å². The molecule has 3 aromatic rings. The molecule has 1 aliphatic heterocycles. The maximum Gasteiger partial charge on any atom is 0.110 e. The third kappa shape index (κ3) is 2.35. The Balaban J connectivity index is 2.02. The summed E-state index contributed by atoms with van der Waals surface area (Å²) in [6.45, 7) is 2.95. The average Bonchev–Trinajstić information content (AvgIpc) is 2.82. The molecule has 1 aromatic heterocycles. The SMILES string of the molecule is Cc1nc(CN)c2n1-c1ccc(Cl)cc1C(c1ccccc1)=NC2. The van der Waals surface area contributed by atoms with Crippen molar-refractivity contribution in [3.05, 3.63) is 81.9 Å². The van der Waals surface area contributed by atoms with Crippen molar-refractivity contribution in [3.63, 3.8) is 0 Å². The highest BCUT2D eigenvalue weighted by atomic mass is 35.5. The molecule has 120 valence electrons. The molecular weight excluding hydrogens is 320 g/mol. The highest BCUT2D eigenvalue weighted by Gasteiger charge is 2.23. The average molecular weight is 337 g/mol. The zero-order chi connectivity index (χ0) is 16.7. The first-order valence-corrected chi connectivity index (χ1v) is 8.24. The van der Waals surface area contributed by atoms with Crippen LogP contribution in [0, 0.1) is 6.92 Å². The molecule has 5 heteroatoms. The fraction of sp³-hybridized carbons (Fsp3) is 0.158. The van der Waals surface area contributed by atoms with Crippen LogP contribution in [0.1, 0.15) is 28.3 Å². The maximum atomic E-state index is 6.28. The van der Waals surface area contributed by atoms with Crippen LogP contribution in [0.25, 0.3) is 5.69 Å². The molecule has 24 heavy (non-hydrogen) atoms. The Morgan fingerprint density at radius 2 is 1.96 bits per heavy atom. The lowest BCUT2D eigenvalue weighted by atomic mass is 10.0. The molecular formula is C19H17ClN4. The van der Waals surface area contributed by atoms with Crippen molar-refractivity contribution in [2.45, 2.75) is 20.0 Å². The van der Waals surface area contributed by atoms with E-state index in [4.69, 9.17) is 22.3 Å². The quantitative estimate of drug-likeness (QED) is 0.776. The molecule has 2 aromatic carbocycles. The lowest BCUT2D eigenvalue weighted by Gasteiger charge is -2.13. The summed E-state index contributed by atoms with van der Waals surface area (Å²) >= 11 is 6.28. The summed E-state index contributed by atoms with van der Waals surface area (Å²) in [4.78, 5) is 9.49. The zero-order valence-electron chi connectivity index (χ0n) is 13.3. The van der Waals surface area contributed by atoms with Crippen molar-refractivity contribution in [2.24, 2.45) is 10.7 Å². The van der Waals surface area contributed by atoms with Crippen LogP contribution in [0.4, 0.5) is 0 Å². The van der Waals surface area contributed by atoms with E-state index >= 15 is 0 Å². The molecule has 4 nitrogen and oxygen atoms in total. The summed E-state index contributed by atoms with van der Waals surface area (Å²) in [5, 5.41) is 0.692. The third-order valence-electron chi connectivity index (χ3n) is 4.31. The van der Waals surface area contributed by atoms with Gasteiger partial charge in [0.1, 0.15) is 5.82 Å². The number of halogens is 1. The standard InChI is InChI=1S/C19H17ClN4/c1-12-23-16(10-21)18-11-22-19(13-5-3-2-4-6-13)15-9-14(20)7-8-17(15)24(12)18/h2-9H,10-11,21H2,1H3. The van der Waals surface area contributed by atoms with E-state index in [1.807, 2.05) is 43.3 Å². The topological polar surface area (TPSA) is 56.2 Å². The van der Waals surface area contributed by atoms with Crippen LogP contribution in [0.3, 0.4) is 0 Å². The summed E-state index contributed by atoms with van der Waals surface area (Å²) in [7, 11) is 0. The largest absolute Gasteiger partial charge is 0.325 e. The molecule has 0 aliphatic carbocycles. The Hall–Kier alpha value is -2.43. The number of nitrogens with two attached hydrogens (primary N) is 1. The predicted octanol–water partition coefficient (Wildman–Crippen LogP) is 3.64. The molecule has 0 spiro atoms. The number of fused-ring (bicyclic) bond motifs is 3. The molecule has 2 N–H and O–H groups in total. The number of rotatable bonds is 2. The Labute approximate surface area is 145 Å². The molecule has 0 bridgehead atoms. The van der Waals surface area contributed by atoms with Gasteiger partial charge in [0.25, 0.3) is 0 Å². The first-order chi connectivity index (χ1) is 11.7. The minimum Gasteiger partial charge on any atom is -0.325 e. The smallest absolute Gasteiger partial charge is 0.110 e. The van der Waals surface area contributed by atoms with Gasteiger partial charge in [-0.3, -0.25) is 9.56 Å². The lowest BCUT2D eigenvalue weighted by Crippen LogP contribution is -2.08. The van der Waals surface area contributed by atoms with E-state index < -0.39 is 0 Å². The lowest BCUT2D eigenvalue weighted by molar-refractivity contribution is 0.874. The van der Waals surface area contributed by atoms with E-state index in [1.54, 1.807) is 0 Å². The fourth-order valence-electron chi connectivity index (χ4n) is 3.25. The molecule has 0 unspecified atom stereocenters. The maximum absolute atomic E-state index is 6.28. The molecule has 0 radical (unpaired) electrons. The number of aromatic nitrogens is 2. The molecule has 0 fully saturated rings. The number of benzene rings is 2. The number of hydrogen-bond acceptors (Lipinski definition) is 3. The molecule has 0 saturated heterocycles. The van der Waals surface area contributed by atoms with Gasteiger partial charge in [-0.2, -0.15) is 0 Å². The van der Waals surface area contributed by atoms with Crippen LogP contribution in [0.15, 0.2) is 53.5 Å². The minimum absolute atomic E-state index is 0.405. The minimum atomic E-state index is 0.405. The van der Waals surface area contributed by atoms with Crippen molar-refractivity contribution in [1.82, 2.24) is 9.55 Å². The Morgan fingerprint density at radius 3 is 2.71 bits per heavy atom. The van der Waals surface area contributed by atoms with E-state index in [1.165, 1.54) is 0 Å². The van der Waals surface area contributed by atoms with Crippen molar-refractivity contribution < 1.29 is 0 Å². The predicted molar refractivity (Wildman–Crippen MR) is 97.0 cm³/mol. The van der Waals surface area contributed by atoms with Crippen LogP contribution >= 0.6 is 11.6 Å². The molecule has 4 rings (SSSR count). The Morgan fingerprint density at radius 1 is 1.17 bits per heavy atom. The van der Waals surface area contributed by atoms with Crippen LogP contribution in [-0.2, 0) is 13.1 Å². The molecule has 0 atom stereocenters. The summed E-state index contributed by atoms with van der Waals surface area (Å²) in [5.41, 5.74) is 11.9. The van der Waals surface area contributed by atoms with Gasteiger partial charge in [-0.05, 0) is 25.1 Å². The molecule has 1 aliphatic rings. The number of aryl methyl sites for hydroxylation is 1. The van der Waals surface area contributed by atoms with Crippen LogP contribution in [-0.4, -0.2) is 15.3 Å². The Bertz CT molecular complexity index is 942. The highest BCUT2D eigenvalue weighted by molar-refractivity contribution is 6.31. The molecule has 0 saturated carbocycles. The van der Waals surface area contributed by atoms with Gasteiger partial charge in [0.2, 0.25) is 0 Å². The number of imidazole rings is 1. The monoisotopic (exact) mass is 336 g/mol. The first-order valence-electron chi connectivity index (χ1n) is 7.86. The van der Waals surface area contributed by atoms with Gasteiger partial charge in [-0.15, -0.1) is 0 Å². The second kappa shape index (κ2) is 5.89. The summed E-state index contributed by atoms with van der Waals surface area (Å²) < 4.78 is 2.15. The first kappa shape index (κ1) is 15.1. The van der Waals surface area contributed by atoms with Gasteiger partial charge in [0, 0.05) is 22.7 Å². The highest BCUT2D eigenvalue weighted by Crippen LogP contribution is 2.30. The van der Waals surface area contributed by atoms with Crippen molar-refractivity contribution in [3.8, 4) is 5.69 Å². The second-order valence-electron chi connectivity index (χ2n) is 5.78. The number of aliphatic imine (C=N–C) groups is 1. The summed E-state index contributed by atoms with van der Waals surface area (Å²) in [6, 6.07) is 16.1. The van der Waals surface area contributed by atoms with Crippen LogP contribution < -0.4 is 5.73 Å². The van der Waals surface area contributed by atoms with E-state index in [2.05, 4.69) is 21.7 Å². The fourth-order valence-corrected chi connectivity index (χ4v) is 3.43. The van der Waals surface area contributed by atoms with E-state index in [-0.39, 0.29) is 0 Å². The normalized spacial score (nSPS) is 13.0. The van der Waals surface area contributed by atoms with E-state index in [0.717, 1.165) is 39.7 Å². The zero-order valence-corrected chi connectivity index (χ0v) is 14.1. The second-order valence-corrected chi connectivity index (χ2v) is 6.22. The Kier molecular flexibility index (Phi) is 3.71. The van der Waals surface area contributed by atoms with E-state index in [9.17, 15) is 0 Å². The summed E-state index contributed by atoms with van der Waals surface area (Å²) in [6.07, 6.45) is 0. The molecule has 2 heterocycles. The number of hydrogen-bond donors (Lipinski definition) is 1. The van der Waals surface area contributed by atoms with Gasteiger partial charge in [-0.25, -0.2) is 4.98 Å². The van der Waals surface area contributed by atoms with Gasteiger partial charge >= 0.3 is 0 Å². The van der Waals surface area contributed by atoms with Crippen molar-refractivity contribution >= 4 is 17.3 Å². The van der Waals surface area contributed by atoms with E-state index in [0.29, 0.717) is 18.1 Å². The van der Waals surface area contributed by atoms with Crippen LogP contribution in [0.5, 0.6) is 0 Å². The van der Waals surface area contributed by atoms with Crippen molar-refractivity contribution in [2.75, 3.05) is 0 Å². The van der Waals surface area contributed by atoms with Crippen LogP contribution in [0.2, 0.25) is 5.02 Å². The van der Waals surface area contributed by atoms with Gasteiger partial charge < -0.3 is 5.73 Å². The molecule has 0 amide bonds. The summed E-state index contributed by atoms with van der Waals surface area (Å²) in [5.74, 6) is 0.915. The third-order valence-corrected chi connectivity index (χ3v) is 4.54. The number of nitrogens with zero attached hydrogens (tertiary/aromatic N) is 3.